The Balaban J connectivity index is 1.52. The molecule has 0 saturated carbocycles. The zero-order chi connectivity index (χ0) is 15.5. The van der Waals surface area contributed by atoms with Gasteiger partial charge >= 0.3 is 0 Å². The molecular weight excluding hydrogens is 276 g/mol. The SMILES string of the molecule is CN(CCC(=O)N1CCc2ccccc21)Cc1cnn(C)c1. The minimum Gasteiger partial charge on any atom is -0.312 e. The van der Waals surface area contributed by atoms with Gasteiger partial charge in [-0.25, -0.2) is 0 Å². The van der Waals surface area contributed by atoms with Gasteiger partial charge in [-0.2, -0.15) is 5.10 Å². The lowest BCUT2D eigenvalue weighted by Gasteiger charge is -2.20. The molecule has 0 bridgehead atoms. The lowest BCUT2D eigenvalue weighted by molar-refractivity contribution is -0.118. The second-order valence-corrected chi connectivity index (χ2v) is 5.93. The molecule has 5 nitrogen and oxygen atoms in total. The van der Waals surface area contributed by atoms with Crippen molar-refractivity contribution in [2.75, 3.05) is 25.0 Å². The maximum Gasteiger partial charge on any atom is 0.228 e. The molecular formula is C17H22N4O. The van der Waals surface area contributed by atoms with Crippen LogP contribution in [0.5, 0.6) is 0 Å². The van der Waals surface area contributed by atoms with Crippen LogP contribution in [0.4, 0.5) is 5.69 Å². The molecule has 0 unspecified atom stereocenters. The largest absolute Gasteiger partial charge is 0.312 e. The van der Waals surface area contributed by atoms with E-state index in [0.29, 0.717) is 6.42 Å². The van der Waals surface area contributed by atoms with Gasteiger partial charge in [-0.05, 0) is 25.1 Å². The second-order valence-electron chi connectivity index (χ2n) is 5.93. The lowest BCUT2D eigenvalue weighted by Crippen LogP contribution is -2.32. The number of anilines is 1. The van der Waals surface area contributed by atoms with Crippen LogP contribution in [-0.2, 0) is 24.8 Å². The lowest BCUT2D eigenvalue weighted by atomic mass is 10.2. The smallest absolute Gasteiger partial charge is 0.228 e. The first kappa shape index (κ1) is 14.8. The Morgan fingerprint density at radius 1 is 1.36 bits per heavy atom. The quantitative estimate of drug-likeness (QED) is 0.845. The minimum absolute atomic E-state index is 0.211. The van der Waals surface area contributed by atoms with Crippen LogP contribution in [0.25, 0.3) is 0 Å². The minimum atomic E-state index is 0.211. The van der Waals surface area contributed by atoms with Crippen molar-refractivity contribution in [1.82, 2.24) is 14.7 Å². The molecule has 0 radical (unpaired) electrons. The zero-order valence-electron chi connectivity index (χ0n) is 13.2. The van der Waals surface area contributed by atoms with Crippen molar-refractivity contribution < 1.29 is 4.79 Å². The monoisotopic (exact) mass is 298 g/mol. The second kappa shape index (κ2) is 6.32. The molecule has 0 fully saturated rings. The van der Waals surface area contributed by atoms with Crippen molar-refractivity contribution >= 4 is 11.6 Å². The predicted octanol–water partition coefficient (Wildman–Crippen LogP) is 1.83. The molecule has 1 aromatic heterocycles. The topological polar surface area (TPSA) is 41.4 Å². The van der Waals surface area contributed by atoms with Crippen LogP contribution < -0.4 is 4.90 Å². The van der Waals surface area contributed by atoms with Crippen molar-refractivity contribution in [2.24, 2.45) is 7.05 Å². The van der Waals surface area contributed by atoms with Gasteiger partial charge in [0.15, 0.2) is 0 Å². The van der Waals surface area contributed by atoms with E-state index in [1.54, 1.807) is 4.68 Å². The molecule has 0 atom stereocenters. The fourth-order valence-corrected chi connectivity index (χ4v) is 2.96. The number of aromatic nitrogens is 2. The highest BCUT2D eigenvalue weighted by molar-refractivity contribution is 5.95. The van der Waals surface area contributed by atoms with Gasteiger partial charge in [-0.3, -0.25) is 9.48 Å². The van der Waals surface area contributed by atoms with E-state index in [-0.39, 0.29) is 5.91 Å². The Labute approximate surface area is 131 Å². The third-order valence-electron chi connectivity index (χ3n) is 4.11. The summed E-state index contributed by atoms with van der Waals surface area (Å²) in [5.74, 6) is 0.211. The number of hydrogen-bond acceptors (Lipinski definition) is 3. The van der Waals surface area contributed by atoms with E-state index in [0.717, 1.165) is 31.7 Å². The van der Waals surface area contributed by atoms with Crippen LogP contribution in [0.2, 0.25) is 0 Å². The van der Waals surface area contributed by atoms with Gasteiger partial charge in [0.25, 0.3) is 0 Å². The Kier molecular flexibility index (Phi) is 4.24. The van der Waals surface area contributed by atoms with Gasteiger partial charge in [0.1, 0.15) is 0 Å². The normalized spacial score (nSPS) is 13.7. The van der Waals surface area contributed by atoms with Crippen molar-refractivity contribution in [3.63, 3.8) is 0 Å². The van der Waals surface area contributed by atoms with Crippen molar-refractivity contribution in [2.45, 2.75) is 19.4 Å². The Morgan fingerprint density at radius 2 is 2.18 bits per heavy atom. The van der Waals surface area contributed by atoms with E-state index in [1.807, 2.05) is 49.6 Å². The highest BCUT2D eigenvalue weighted by Gasteiger charge is 2.23. The first-order chi connectivity index (χ1) is 10.6. The fraction of sp³-hybridized carbons (Fsp3) is 0.412. The molecule has 0 saturated heterocycles. The summed E-state index contributed by atoms with van der Waals surface area (Å²) < 4.78 is 1.80. The molecule has 2 heterocycles. The maximum absolute atomic E-state index is 12.5. The van der Waals surface area contributed by atoms with E-state index in [9.17, 15) is 4.79 Å². The van der Waals surface area contributed by atoms with Crippen LogP contribution in [-0.4, -0.2) is 40.7 Å². The molecule has 3 rings (SSSR count). The average molecular weight is 298 g/mol. The van der Waals surface area contributed by atoms with Crippen LogP contribution >= 0.6 is 0 Å². The molecule has 2 aromatic rings. The zero-order valence-corrected chi connectivity index (χ0v) is 13.2. The van der Waals surface area contributed by atoms with Crippen molar-refractivity contribution in [1.29, 1.82) is 0 Å². The van der Waals surface area contributed by atoms with Crippen LogP contribution in [0.15, 0.2) is 36.7 Å². The molecule has 1 aliphatic heterocycles. The molecule has 116 valence electrons. The Morgan fingerprint density at radius 3 is 2.95 bits per heavy atom. The number of aryl methyl sites for hydroxylation is 1. The molecule has 0 spiro atoms. The van der Waals surface area contributed by atoms with Gasteiger partial charge in [-0.1, -0.05) is 18.2 Å². The number of amides is 1. The van der Waals surface area contributed by atoms with Crippen LogP contribution in [0, 0.1) is 0 Å². The molecule has 22 heavy (non-hydrogen) atoms. The number of nitrogens with zero attached hydrogens (tertiary/aromatic N) is 4. The van der Waals surface area contributed by atoms with E-state index in [2.05, 4.69) is 16.1 Å². The van der Waals surface area contributed by atoms with E-state index in [4.69, 9.17) is 0 Å². The number of rotatable bonds is 5. The number of fused-ring (bicyclic) bond motifs is 1. The number of carbonyl (C=O) groups excluding carboxylic acids is 1. The molecule has 1 aliphatic rings. The van der Waals surface area contributed by atoms with Crippen molar-refractivity contribution in [3.05, 3.63) is 47.8 Å². The van der Waals surface area contributed by atoms with Gasteiger partial charge in [0.05, 0.1) is 6.20 Å². The summed E-state index contributed by atoms with van der Waals surface area (Å²) in [6, 6.07) is 8.18. The number of carbonyl (C=O) groups is 1. The van der Waals surface area contributed by atoms with Gasteiger partial charge in [0, 0.05) is 50.6 Å². The summed E-state index contributed by atoms with van der Waals surface area (Å²) in [4.78, 5) is 16.5. The standard InChI is InChI=1S/C17H22N4O/c1-19(12-14-11-18-20(2)13-14)9-8-17(22)21-10-7-15-5-3-4-6-16(15)21/h3-6,11,13H,7-10,12H2,1-2H3. The molecule has 1 amide bonds. The fourth-order valence-electron chi connectivity index (χ4n) is 2.96. The Hall–Kier alpha value is -2.14. The molecule has 0 N–H and O–H groups in total. The molecule has 1 aromatic carbocycles. The highest BCUT2D eigenvalue weighted by atomic mass is 16.2. The van der Waals surface area contributed by atoms with Gasteiger partial charge in [-0.15, -0.1) is 0 Å². The van der Waals surface area contributed by atoms with Gasteiger partial charge < -0.3 is 9.80 Å². The first-order valence-corrected chi connectivity index (χ1v) is 7.68. The summed E-state index contributed by atoms with van der Waals surface area (Å²) in [5, 5.41) is 4.17. The van der Waals surface area contributed by atoms with E-state index >= 15 is 0 Å². The van der Waals surface area contributed by atoms with E-state index < -0.39 is 0 Å². The van der Waals surface area contributed by atoms with Gasteiger partial charge in [0.2, 0.25) is 5.91 Å². The number of benzene rings is 1. The third kappa shape index (κ3) is 3.20. The first-order valence-electron chi connectivity index (χ1n) is 7.68. The summed E-state index contributed by atoms with van der Waals surface area (Å²) in [7, 11) is 3.95. The third-order valence-corrected chi connectivity index (χ3v) is 4.11. The summed E-state index contributed by atoms with van der Waals surface area (Å²) in [6.07, 6.45) is 5.39. The van der Waals surface area contributed by atoms with Crippen LogP contribution in [0.1, 0.15) is 17.5 Å². The van der Waals surface area contributed by atoms with Crippen molar-refractivity contribution in [3.8, 4) is 0 Å². The Bertz CT molecular complexity index is 664. The average Bonchev–Trinajstić information content (AvgIpc) is 3.11. The summed E-state index contributed by atoms with van der Waals surface area (Å²) >= 11 is 0. The van der Waals surface area contributed by atoms with Crippen LogP contribution in [0.3, 0.4) is 0 Å². The number of hydrogen-bond donors (Lipinski definition) is 0. The number of para-hydroxylation sites is 1. The summed E-state index contributed by atoms with van der Waals surface area (Å²) in [5.41, 5.74) is 3.53. The molecule has 5 heteroatoms. The highest BCUT2D eigenvalue weighted by Crippen LogP contribution is 2.27. The predicted molar refractivity (Wildman–Crippen MR) is 86.7 cm³/mol. The van der Waals surface area contributed by atoms with E-state index in [1.165, 1.54) is 11.1 Å². The maximum atomic E-state index is 12.5. The molecule has 0 aliphatic carbocycles. The summed E-state index contributed by atoms with van der Waals surface area (Å²) in [6.45, 7) is 2.38.